The third kappa shape index (κ3) is 3.79. The maximum Gasteiger partial charge on any atom is 0.331 e. The van der Waals surface area contributed by atoms with Crippen LogP contribution in [0.5, 0.6) is 0 Å². The van der Waals surface area contributed by atoms with Gasteiger partial charge in [0.2, 0.25) is 0 Å². The summed E-state index contributed by atoms with van der Waals surface area (Å²) in [5, 5.41) is 0.728. The molecular weight excluding hydrogens is 336 g/mol. The van der Waals surface area contributed by atoms with Gasteiger partial charge in [-0.15, -0.1) is 0 Å². The number of fused-ring (bicyclic) bond motifs is 1. The number of rotatable bonds is 5. The lowest BCUT2D eigenvalue weighted by atomic mass is 10.1. The van der Waals surface area contributed by atoms with Crippen molar-refractivity contribution in [2.24, 2.45) is 0 Å². The molecule has 0 saturated heterocycles. The van der Waals surface area contributed by atoms with Crippen LogP contribution >= 0.6 is 11.6 Å². The lowest BCUT2D eigenvalue weighted by Crippen LogP contribution is -2.10. The van der Waals surface area contributed by atoms with Crippen LogP contribution in [0.1, 0.15) is 55.9 Å². The van der Waals surface area contributed by atoms with Crippen molar-refractivity contribution in [1.82, 2.24) is 9.55 Å². The zero-order valence-corrected chi connectivity index (χ0v) is 15.6. The average Bonchev–Trinajstić information content (AvgIpc) is 3.11. The first kappa shape index (κ1) is 17.7. The molecule has 0 saturated carbocycles. The van der Waals surface area contributed by atoms with Gasteiger partial charge in [-0.25, -0.2) is 9.78 Å². The predicted octanol–water partition coefficient (Wildman–Crippen LogP) is 4.60. The van der Waals surface area contributed by atoms with Crippen molar-refractivity contribution in [2.75, 3.05) is 6.61 Å². The average molecular weight is 359 g/mol. The molecular formula is C20H23ClN2O2. The minimum Gasteiger partial charge on any atom is -0.463 e. The topological polar surface area (TPSA) is 44.1 Å². The third-order valence-corrected chi connectivity index (χ3v) is 4.61. The molecule has 0 atom stereocenters. The van der Waals surface area contributed by atoms with Gasteiger partial charge in [0.05, 0.1) is 18.0 Å². The van der Waals surface area contributed by atoms with E-state index in [9.17, 15) is 4.79 Å². The largest absolute Gasteiger partial charge is 0.463 e. The van der Waals surface area contributed by atoms with Crippen molar-refractivity contribution in [1.29, 1.82) is 0 Å². The molecule has 5 heteroatoms. The molecule has 0 bridgehead atoms. The first-order valence-corrected chi connectivity index (χ1v) is 9.08. The molecule has 1 aliphatic carbocycles. The van der Waals surface area contributed by atoms with Crippen molar-refractivity contribution in [3.63, 3.8) is 0 Å². The number of halogens is 1. The molecule has 0 fully saturated rings. The highest BCUT2D eigenvalue weighted by atomic mass is 35.5. The molecule has 0 amide bonds. The number of esters is 1. The summed E-state index contributed by atoms with van der Waals surface area (Å²) < 4.78 is 7.32. The molecule has 1 aromatic carbocycles. The Balaban J connectivity index is 2.01. The molecule has 0 radical (unpaired) electrons. The number of nitrogens with zero attached hydrogens (tertiary/aromatic N) is 2. The van der Waals surface area contributed by atoms with Crippen LogP contribution in [-0.4, -0.2) is 22.1 Å². The molecule has 0 spiro atoms. The maximum absolute atomic E-state index is 11.9. The first-order chi connectivity index (χ1) is 12.0. The minimum atomic E-state index is -0.282. The van der Waals surface area contributed by atoms with E-state index < -0.39 is 0 Å². The maximum atomic E-state index is 11.9. The van der Waals surface area contributed by atoms with Gasteiger partial charge in [-0.2, -0.15) is 0 Å². The molecule has 3 rings (SSSR count). The molecule has 1 aromatic heterocycles. The number of aromatic nitrogens is 2. The number of allylic oxidation sites excluding steroid dienone is 1. The Labute approximate surface area is 153 Å². The number of carbonyl (C=O) groups excluding carboxylic acids is 1. The Kier molecular flexibility index (Phi) is 5.28. The van der Waals surface area contributed by atoms with E-state index in [-0.39, 0.29) is 5.97 Å². The summed E-state index contributed by atoms with van der Waals surface area (Å²) in [6.45, 7) is 7.21. The van der Waals surface area contributed by atoms with Gasteiger partial charge in [0.1, 0.15) is 5.82 Å². The van der Waals surface area contributed by atoms with Gasteiger partial charge < -0.3 is 9.30 Å². The first-order valence-electron chi connectivity index (χ1n) is 8.71. The Morgan fingerprint density at radius 1 is 1.32 bits per heavy atom. The van der Waals surface area contributed by atoms with E-state index in [4.69, 9.17) is 21.3 Å². The van der Waals surface area contributed by atoms with Crippen LogP contribution in [0, 0.1) is 0 Å². The Bertz CT molecular complexity index is 804. The van der Waals surface area contributed by atoms with Crippen LogP contribution < -0.4 is 0 Å². The van der Waals surface area contributed by atoms with Gasteiger partial charge in [0.15, 0.2) is 0 Å². The van der Waals surface area contributed by atoms with E-state index in [2.05, 4.69) is 18.4 Å². The van der Waals surface area contributed by atoms with Crippen LogP contribution in [-0.2, 0) is 22.5 Å². The number of benzene rings is 1. The van der Waals surface area contributed by atoms with Crippen molar-refractivity contribution in [3.05, 3.63) is 58.1 Å². The van der Waals surface area contributed by atoms with Gasteiger partial charge in [0.25, 0.3) is 0 Å². The van der Waals surface area contributed by atoms with Crippen LogP contribution in [0.3, 0.4) is 0 Å². The Morgan fingerprint density at radius 2 is 2.04 bits per heavy atom. The van der Waals surface area contributed by atoms with Gasteiger partial charge in [0, 0.05) is 23.6 Å². The summed E-state index contributed by atoms with van der Waals surface area (Å²) in [4.78, 5) is 16.8. The van der Waals surface area contributed by atoms with E-state index >= 15 is 0 Å². The normalized spacial score (nSPS) is 15.0. The zero-order valence-electron chi connectivity index (χ0n) is 14.9. The second-order valence-corrected chi connectivity index (χ2v) is 6.99. The highest BCUT2D eigenvalue weighted by molar-refractivity contribution is 6.30. The molecule has 25 heavy (non-hydrogen) atoms. The molecule has 2 aromatic rings. The zero-order chi connectivity index (χ0) is 18.0. The number of hydrogen-bond donors (Lipinski definition) is 0. The Hall–Kier alpha value is -2.07. The lowest BCUT2D eigenvalue weighted by molar-refractivity contribution is -0.137. The highest BCUT2D eigenvalue weighted by Crippen LogP contribution is 2.35. The minimum absolute atomic E-state index is 0.282. The standard InChI is InChI=1S/C20H23ClN2O2/c1-4-25-18(24)11-15-7-10-17-19(15)23(20(22-17)13(2)3)12-14-5-8-16(21)9-6-14/h5-6,8-9,11,13H,4,7,10,12H2,1-3H3/b15-11+. The lowest BCUT2D eigenvalue weighted by Gasteiger charge is -2.15. The summed E-state index contributed by atoms with van der Waals surface area (Å²) in [6, 6.07) is 7.86. The Morgan fingerprint density at radius 3 is 2.68 bits per heavy atom. The summed E-state index contributed by atoms with van der Waals surface area (Å²) in [5.41, 5.74) is 4.33. The van der Waals surface area contributed by atoms with Crippen molar-refractivity contribution < 1.29 is 9.53 Å². The fraction of sp³-hybridized carbons (Fsp3) is 0.400. The van der Waals surface area contributed by atoms with Gasteiger partial charge in [-0.3, -0.25) is 0 Å². The van der Waals surface area contributed by atoms with E-state index in [0.717, 1.165) is 46.2 Å². The van der Waals surface area contributed by atoms with Gasteiger partial charge in [-0.1, -0.05) is 37.6 Å². The number of ether oxygens (including phenoxy) is 1. The number of imidazole rings is 1. The number of carbonyl (C=O) groups is 1. The van der Waals surface area contributed by atoms with Gasteiger partial charge >= 0.3 is 5.97 Å². The van der Waals surface area contributed by atoms with Gasteiger partial charge in [-0.05, 0) is 43.0 Å². The van der Waals surface area contributed by atoms with Crippen LogP contribution in [0.2, 0.25) is 5.02 Å². The number of aryl methyl sites for hydroxylation is 1. The summed E-state index contributed by atoms with van der Waals surface area (Å²) in [7, 11) is 0. The van der Waals surface area contributed by atoms with E-state index in [1.807, 2.05) is 31.2 Å². The second-order valence-electron chi connectivity index (χ2n) is 6.55. The van der Waals surface area contributed by atoms with E-state index in [1.54, 1.807) is 6.08 Å². The van der Waals surface area contributed by atoms with Crippen LogP contribution in [0.25, 0.3) is 5.57 Å². The van der Waals surface area contributed by atoms with E-state index in [0.29, 0.717) is 19.1 Å². The summed E-state index contributed by atoms with van der Waals surface area (Å²) in [6.07, 6.45) is 3.32. The third-order valence-electron chi connectivity index (χ3n) is 4.35. The second kappa shape index (κ2) is 7.44. The summed E-state index contributed by atoms with van der Waals surface area (Å²) in [5.74, 6) is 1.08. The monoisotopic (exact) mass is 358 g/mol. The van der Waals surface area contributed by atoms with E-state index in [1.165, 1.54) is 0 Å². The fourth-order valence-corrected chi connectivity index (χ4v) is 3.39. The molecule has 1 aliphatic rings. The molecule has 132 valence electrons. The van der Waals surface area contributed by atoms with Crippen LogP contribution in [0.15, 0.2) is 30.3 Å². The van der Waals surface area contributed by atoms with Crippen molar-refractivity contribution >= 4 is 23.1 Å². The quantitative estimate of drug-likeness (QED) is 0.579. The smallest absolute Gasteiger partial charge is 0.331 e. The molecule has 0 aliphatic heterocycles. The van der Waals surface area contributed by atoms with Crippen molar-refractivity contribution in [3.8, 4) is 0 Å². The van der Waals surface area contributed by atoms with Crippen LogP contribution in [0.4, 0.5) is 0 Å². The molecule has 0 unspecified atom stereocenters. The number of hydrogen-bond acceptors (Lipinski definition) is 3. The SMILES string of the molecule is CCOC(=O)/C=C1\CCc2nc(C(C)C)n(Cc3ccc(Cl)cc3)c21. The molecule has 4 nitrogen and oxygen atoms in total. The summed E-state index contributed by atoms with van der Waals surface area (Å²) >= 11 is 6.00. The molecule has 1 heterocycles. The molecule has 0 N–H and O–H groups in total. The fourth-order valence-electron chi connectivity index (χ4n) is 3.27. The van der Waals surface area contributed by atoms with Crippen molar-refractivity contribution in [2.45, 2.75) is 46.1 Å². The predicted molar refractivity (Wildman–Crippen MR) is 99.8 cm³/mol. The highest BCUT2D eigenvalue weighted by Gasteiger charge is 2.27.